The Morgan fingerprint density at radius 2 is 1.77 bits per heavy atom. The van der Waals surface area contributed by atoms with Crippen molar-refractivity contribution in [2.24, 2.45) is 10.7 Å². The number of guanidine groups is 1. The molecule has 170 valence electrons. The SMILES string of the molecule is CCOC(=O)N1CCC(NC(N)=NCCCOc2cc(OC)cc(OC)c2)CC1.I. The highest BCUT2D eigenvalue weighted by molar-refractivity contribution is 14.0. The van der Waals surface area contributed by atoms with Gasteiger partial charge in [-0.3, -0.25) is 4.99 Å². The molecule has 3 N–H and O–H groups in total. The molecule has 0 saturated carbocycles. The Morgan fingerprint density at radius 3 is 2.33 bits per heavy atom. The highest BCUT2D eigenvalue weighted by Crippen LogP contribution is 2.27. The first-order valence-corrected chi connectivity index (χ1v) is 9.89. The molecule has 1 aromatic rings. The first-order valence-electron chi connectivity index (χ1n) is 9.89. The minimum atomic E-state index is -0.249. The van der Waals surface area contributed by atoms with Crippen LogP contribution in [0.2, 0.25) is 0 Å². The Hall–Kier alpha value is -2.11. The molecule has 2 rings (SSSR count). The lowest BCUT2D eigenvalue weighted by molar-refractivity contribution is 0.0963. The van der Waals surface area contributed by atoms with Crippen molar-refractivity contribution in [2.45, 2.75) is 32.2 Å². The fourth-order valence-electron chi connectivity index (χ4n) is 2.99. The molecule has 30 heavy (non-hydrogen) atoms. The molecule has 1 aliphatic rings. The second-order valence-corrected chi connectivity index (χ2v) is 6.62. The van der Waals surface area contributed by atoms with Gasteiger partial charge in [-0.1, -0.05) is 0 Å². The van der Waals surface area contributed by atoms with Gasteiger partial charge in [0.25, 0.3) is 0 Å². The molecule has 0 radical (unpaired) electrons. The zero-order valence-electron chi connectivity index (χ0n) is 17.9. The summed E-state index contributed by atoms with van der Waals surface area (Å²) in [5.41, 5.74) is 5.98. The molecule has 9 nitrogen and oxygen atoms in total. The first kappa shape index (κ1) is 25.9. The number of hydrogen-bond donors (Lipinski definition) is 2. The molecule has 0 aromatic heterocycles. The molecule has 0 unspecified atom stereocenters. The van der Waals surface area contributed by atoms with E-state index >= 15 is 0 Å². The molecule has 1 aliphatic heterocycles. The summed E-state index contributed by atoms with van der Waals surface area (Å²) in [6, 6.07) is 5.63. The minimum Gasteiger partial charge on any atom is -0.496 e. The molecule has 1 fully saturated rings. The quantitative estimate of drug-likeness (QED) is 0.216. The molecule has 1 heterocycles. The van der Waals surface area contributed by atoms with Crippen molar-refractivity contribution < 1.29 is 23.7 Å². The Balaban J connectivity index is 0.00000450. The van der Waals surface area contributed by atoms with Crippen LogP contribution in [0.25, 0.3) is 0 Å². The van der Waals surface area contributed by atoms with Crippen molar-refractivity contribution in [3.63, 3.8) is 0 Å². The van der Waals surface area contributed by atoms with E-state index < -0.39 is 0 Å². The molecule has 0 aliphatic carbocycles. The number of piperidine rings is 1. The van der Waals surface area contributed by atoms with Crippen molar-refractivity contribution in [3.8, 4) is 17.2 Å². The summed E-state index contributed by atoms with van der Waals surface area (Å²) in [4.78, 5) is 17.8. The standard InChI is InChI=1S/C20H32N4O5.HI/c1-4-28-20(25)24-9-6-15(7-10-24)23-19(21)22-8-5-11-29-18-13-16(26-2)12-17(14-18)27-3;/h12-15H,4-11H2,1-3H3,(H3,21,22,23);1H. The number of nitrogens with two attached hydrogens (primary N) is 1. The van der Waals surface area contributed by atoms with Gasteiger partial charge in [0.15, 0.2) is 5.96 Å². The molecule has 10 heteroatoms. The number of nitrogens with zero attached hydrogens (tertiary/aromatic N) is 2. The molecule has 0 spiro atoms. The van der Waals surface area contributed by atoms with Crippen LogP contribution in [-0.4, -0.2) is 70.1 Å². The van der Waals surface area contributed by atoms with Crippen molar-refractivity contribution in [2.75, 3.05) is 47.1 Å². The highest BCUT2D eigenvalue weighted by Gasteiger charge is 2.23. The van der Waals surface area contributed by atoms with E-state index in [0.717, 1.165) is 19.3 Å². The number of amides is 1. The number of aliphatic imine (C=N–C) groups is 1. The Labute approximate surface area is 195 Å². The summed E-state index contributed by atoms with van der Waals surface area (Å²) in [6.07, 6.45) is 2.11. The van der Waals surface area contributed by atoms with Crippen LogP contribution in [0.4, 0.5) is 4.79 Å². The third-order valence-corrected chi connectivity index (χ3v) is 4.55. The van der Waals surface area contributed by atoms with Crippen LogP contribution in [0.1, 0.15) is 26.2 Å². The minimum absolute atomic E-state index is 0. The molecule has 0 atom stereocenters. The van der Waals surface area contributed by atoms with Crippen molar-refractivity contribution in [1.82, 2.24) is 10.2 Å². The first-order chi connectivity index (χ1) is 14.0. The van der Waals surface area contributed by atoms with Gasteiger partial charge in [0.2, 0.25) is 0 Å². The second kappa shape index (κ2) is 14.0. The van der Waals surface area contributed by atoms with Crippen LogP contribution in [0, 0.1) is 0 Å². The lowest BCUT2D eigenvalue weighted by atomic mass is 10.1. The lowest BCUT2D eigenvalue weighted by Crippen LogP contribution is -2.48. The largest absolute Gasteiger partial charge is 0.496 e. The summed E-state index contributed by atoms with van der Waals surface area (Å²) in [7, 11) is 3.20. The third-order valence-electron chi connectivity index (χ3n) is 4.55. The van der Waals surface area contributed by atoms with E-state index in [2.05, 4.69) is 10.3 Å². The van der Waals surface area contributed by atoms with E-state index in [1.54, 1.807) is 25.2 Å². The molecular weight excluding hydrogens is 503 g/mol. The van der Waals surface area contributed by atoms with Gasteiger partial charge in [-0.2, -0.15) is 0 Å². The summed E-state index contributed by atoms with van der Waals surface area (Å²) in [5, 5.41) is 3.22. The Morgan fingerprint density at radius 1 is 1.17 bits per heavy atom. The number of carbonyl (C=O) groups excluding carboxylic acids is 1. The van der Waals surface area contributed by atoms with Gasteiger partial charge in [-0.05, 0) is 19.8 Å². The van der Waals surface area contributed by atoms with E-state index in [-0.39, 0.29) is 36.1 Å². The lowest BCUT2D eigenvalue weighted by Gasteiger charge is -2.31. The van der Waals surface area contributed by atoms with Crippen LogP contribution in [-0.2, 0) is 4.74 Å². The predicted octanol–water partition coefficient (Wildman–Crippen LogP) is 2.62. The van der Waals surface area contributed by atoms with Gasteiger partial charge < -0.3 is 34.9 Å². The van der Waals surface area contributed by atoms with Crippen molar-refractivity contribution in [3.05, 3.63) is 18.2 Å². The monoisotopic (exact) mass is 536 g/mol. The number of benzene rings is 1. The Bertz CT molecular complexity index is 659. The second-order valence-electron chi connectivity index (χ2n) is 6.62. The van der Waals surface area contributed by atoms with Gasteiger partial charge in [0.1, 0.15) is 17.2 Å². The number of carbonyl (C=O) groups is 1. The van der Waals surface area contributed by atoms with Crippen LogP contribution in [0.15, 0.2) is 23.2 Å². The predicted molar refractivity (Wildman–Crippen MR) is 126 cm³/mol. The number of halogens is 1. The van der Waals surface area contributed by atoms with Gasteiger partial charge in [-0.25, -0.2) is 4.79 Å². The number of methoxy groups -OCH3 is 2. The Kier molecular flexibility index (Phi) is 12.1. The zero-order valence-corrected chi connectivity index (χ0v) is 20.2. The molecular formula is C20H33IN4O5. The van der Waals surface area contributed by atoms with Crippen LogP contribution in [0.3, 0.4) is 0 Å². The van der Waals surface area contributed by atoms with E-state index in [1.807, 2.05) is 19.1 Å². The van der Waals surface area contributed by atoms with E-state index in [4.69, 9.17) is 24.7 Å². The number of hydrogen-bond acceptors (Lipinski definition) is 6. The van der Waals surface area contributed by atoms with Gasteiger partial charge in [0, 0.05) is 50.3 Å². The number of ether oxygens (including phenoxy) is 4. The fourth-order valence-corrected chi connectivity index (χ4v) is 2.99. The fraction of sp³-hybridized carbons (Fsp3) is 0.600. The maximum atomic E-state index is 11.7. The van der Waals surface area contributed by atoms with Crippen molar-refractivity contribution >= 4 is 36.0 Å². The number of nitrogens with one attached hydrogen (secondary N) is 1. The van der Waals surface area contributed by atoms with Crippen molar-refractivity contribution in [1.29, 1.82) is 0 Å². The molecule has 1 amide bonds. The topological polar surface area (TPSA) is 108 Å². The summed E-state index contributed by atoms with van der Waals surface area (Å²) < 4.78 is 21.2. The number of likely N-dealkylation sites (tertiary alicyclic amines) is 1. The van der Waals surface area contributed by atoms with Crippen LogP contribution >= 0.6 is 24.0 Å². The maximum Gasteiger partial charge on any atom is 0.409 e. The molecule has 0 bridgehead atoms. The summed E-state index contributed by atoms with van der Waals surface area (Å²) in [6.45, 7) is 4.57. The van der Waals surface area contributed by atoms with E-state index in [0.29, 0.717) is 56.1 Å². The smallest absolute Gasteiger partial charge is 0.409 e. The van der Waals surface area contributed by atoms with Gasteiger partial charge in [0.05, 0.1) is 27.4 Å². The maximum absolute atomic E-state index is 11.7. The number of rotatable bonds is 9. The van der Waals surface area contributed by atoms with Crippen LogP contribution < -0.4 is 25.3 Å². The van der Waals surface area contributed by atoms with E-state index in [1.165, 1.54) is 0 Å². The zero-order chi connectivity index (χ0) is 21.1. The normalized spacial score (nSPS) is 14.5. The summed E-state index contributed by atoms with van der Waals surface area (Å²) >= 11 is 0. The van der Waals surface area contributed by atoms with Crippen LogP contribution in [0.5, 0.6) is 17.2 Å². The van der Waals surface area contributed by atoms with E-state index in [9.17, 15) is 4.79 Å². The highest BCUT2D eigenvalue weighted by atomic mass is 127. The average molecular weight is 536 g/mol. The summed E-state index contributed by atoms with van der Waals surface area (Å²) in [5.74, 6) is 2.46. The molecule has 1 aromatic carbocycles. The third kappa shape index (κ3) is 8.72. The van der Waals surface area contributed by atoms with Gasteiger partial charge in [-0.15, -0.1) is 24.0 Å². The molecule has 1 saturated heterocycles. The average Bonchev–Trinajstić information content (AvgIpc) is 2.73. The van der Waals surface area contributed by atoms with Gasteiger partial charge >= 0.3 is 6.09 Å².